The summed E-state index contributed by atoms with van der Waals surface area (Å²) in [5.74, 6) is 2.02. The highest BCUT2D eigenvalue weighted by atomic mass is 16.5. The molecule has 0 aliphatic carbocycles. The van der Waals surface area contributed by atoms with Crippen molar-refractivity contribution in [2.75, 3.05) is 37.4 Å². The number of hydrogen-bond donors (Lipinski definition) is 3. The summed E-state index contributed by atoms with van der Waals surface area (Å²) in [6.45, 7) is 8.08. The molecule has 6 heteroatoms. The van der Waals surface area contributed by atoms with Crippen molar-refractivity contribution >= 4 is 11.6 Å². The topological polar surface area (TPSA) is 79.3 Å². The predicted octanol–water partition coefficient (Wildman–Crippen LogP) is 2.13. The van der Waals surface area contributed by atoms with Gasteiger partial charge >= 0.3 is 0 Å². The maximum atomic E-state index is 8.92. The maximum absolute atomic E-state index is 8.92. The van der Waals surface area contributed by atoms with Crippen molar-refractivity contribution in [1.82, 2.24) is 9.97 Å². The van der Waals surface area contributed by atoms with Crippen molar-refractivity contribution in [2.45, 2.75) is 33.6 Å². The van der Waals surface area contributed by atoms with E-state index in [-0.39, 0.29) is 12.0 Å². The molecule has 3 N–H and O–H groups in total. The number of ether oxygens (including phenoxy) is 1. The molecule has 1 aromatic heterocycles. The lowest BCUT2D eigenvalue weighted by Crippen LogP contribution is -2.24. The van der Waals surface area contributed by atoms with Crippen LogP contribution in [0.1, 0.15) is 33.6 Å². The fourth-order valence-electron chi connectivity index (χ4n) is 1.96. The first-order chi connectivity index (χ1) is 9.54. The van der Waals surface area contributed by atoms with Gasteiger partial charge in [-0.2, -0.15) is 0 Å². The number of nitrogens with zero attached hydrogens (tertiary/aromatic N) is 2. The van der Waals surface area contributed by atoms with Gasteiger partial charge in [0.2, 0.25) is 5.75 Å². The Kier molecular flexibility index (Phi) is 6.51. The van der Waals surface area contributed by atoms with E-state index >= 15 is 0 Å². The summed E-state index contributed by atoms with van der Waals surface area (Å²) in [4.78, 5) is 8.41. The molecule has 114 valence electrons. The molecule has 0 bridgehead atoms. The Bertz CT molecular complexity index is 410. The first-order valence-corrected chi connectivity index (χ1v) is 7.01. The van der Waals surface area contributed by atoms with Gasteiger partial charge in [-0.1, -0.05) is 13.8 Å². The average Bonchev–Trinajstić information content (AvgIpc) is 2.43. The largest absolute Gasteiger partial charge is 0.490 e. The van der Waals surface area contributed by atoms with Crippen LogP contribution in [0.15, 0.2) is 6.33 Å². The molecule has 0 unspecified atom stereocenters. The van der Waals surface area contributed by atoms with E-state index in [0.29, 0.717) is 17.4 Å². The van der Waals surface area contributed by atoms with Crippen LogP contribution in [0, 0.1) is 5.41 Å². The van der Waals surface area contributed by atoms with Crippen molar-refractivity contribution in [1.29, 1.82) is 0 Å². The highest BCUT2D eigenvalue weighted by Gasteiger charge is 2.19. The van der Waals surface area contributed by atoms with Gasteiger partial charge in [-0.25, -0.2) is 9.97 Å². The van der Waals surface area contributed by atoms with E-state index in [4.69, 9.17) is 9.84 Å². The monoisotopic (exact) mass is 282 g/mol. The molecule has 0 aliphatic heterocycles. The van der Waals surface area contributed by atoms with Gasteiger partial charge in [0, 0.05) is 19.7 Å². The molecule has 0 saturated heterocycles. The minimum absolute atomic E-state index is 0.0804. The van der Waals surface area contributed by atoms with Crippen molar-refractivity contribution < 1.29 is 9.84 Å². The molecule has 20 heavy (non-hydrogen) atoms. The highest BCUT2D eigenvalue weighted by molar-refractivity contribution is 5.63. The van der Waals surface area contributed by atoms with Crippen molar-refractivity contribution in [3.8, 4) is 5.75 Å². The quantitative estimate of drug-likeness (QED) is 0.644. The lowest BCUT2D eigenvalue weighted by atomic mass is 9.88. The van der Waals surface area contributed by atoms with Gasteiger partial charge in [-0.3, -0.25) is 0 Å². The van der Waals surface area contributed by atoms with E-state index in [1.54, 1.807) is 7.11 Å². The number of methoxy groups -OCH3 is 1. The minimum atomic E-state index is 0.0804. The number of aliphatic hydroxyl groups is 1. The van der Waals surface area contributed by atoms with Crippen LogP contribution in [0.5, 0.6) is 5.75 Å². The number of anilines is 2. The van der Waals surface area contributed by atoms with Crippen LogP contribution < -0.4 is 15.4 Å². The van der Waals surface area contributed by atoms with Crippen LogP contribution in [0.25, 0.3) is 0 Å². The third-order valence-electron chi connectivity index (χ3n) is 3.10. The maximum Gasteiger partial charge on any atom is 0.204 e. The van der Waals surface area contributed by atoms with Crippen molar-refractivity contribution in [3.05, 3.63) is 6.33 Å². The summed E-state index contributed by atoms with van der Waals surface area (Å²) >= 11 is 0. The van der Waals surface area contributed by atoms with Crippen LogP contribution in [-0.4, -0.2) is 41.9 Å². The number of aliphatic hydroxyl groups excluding tert-OH is 1. The van der Waals surface area contributed by atoms with Gasteiger partial charge in [0.1, 0.15) is 6.33 Å². The second-order valence-electron chi connectivity index (χ2n) is 5.48. The zero-order valence-corrected chi connectivity index (χ0v) is 12.9. The van der Waals surface area contributed by atoms with Gasteiger partial charge < -0.3 is 20.5 Å². The molecular formula is C14H26N4O2. The molecule has 0 atom stereocenters. The fraction of sp³-hybridized carbons (Fsp3) is 0.714. The number of rotatable bonds is 9. The average molecular weight is 282 g/mol. The molecule has 0 aromatic carbocycles. The lowest BCUT2D eigenvalue weighted by Gasteiger charge is -2.25. The molecule has 6 nitrogen and oxygen atoms in total. The zero-order chi connectivity index (χ0) is 15.0. The van der Waals surface area contributed by atoms with Crippen LogP contribution in [0.4, 0.5) is 11.6 Å². The molecule has 0 fully saturated rings. The van der Waals surface area contributed by atoms with E-state index in [2.05, 4.69) is 34.4 Å². The second kappa shape index (κ2) is 7.89. The van der Waals surface area contributed by atoms with Gasteiger partial charge in [-0.05, 0) is 25.2 Å². The van der Waals surface area contributed by atoms with Crippen LogP contribution in [0.2, 0.25) is 0 Å². The summed E-state index contributed by atoms with van der Waals surface area (Å²) in [7, 11) is 1.61. The van der Waals surface area contributed by atoms with E-state index in [1.807, 2.05) is 6.92 Å². The first-order valence-electron chi connectivity index (χ1n) is 7.01. The zero-order valence-electron chi connectivity index (χ0n) is 12.9. The first kappa shape index (κ1) is 16.5. The third kappa shape index (κ3) is 4.85. The van der Waals surface area contributed by atoms with Crippen molar-refractivity contribution in [2.24, 2.45) is 5.41 Å². The lowest BCUT2D eigenvalue weighted by molar-refractivity contribution is 0.247. The second-order valence-corrected chi connectivity index (χ2v) is 5.48. The molecule has 1 heterocycles. The standard InChI is InChI=1S/C14H26N4O2/c1-5-15-12-11(20-4)13(18-10-17-12)16-9-14(2,3)7-6-8-19/h10,19H,5-9H2,1-4H3,(H2,15,16,17,18). The molecule has 0 radical (unpaired) electrons. The Labute approximate surface area is 121 Å². The smallest absolute Gasteiger partial charge is 0.204 e. The Morgan fingerprint density at radius 3 is 2.45 bits per heavy atom. The Morgan fingerprint density at radius 1 is 1.25 bits per heavy atom. The number of nitrogens with one attached hydrogen (secondary N) is 2. The van der Waals surface area contributed by atoms with Gasteiger partial charge in [0.15, 0.2) is 11.6 Å². The predicted molar refractivity (Wildman–Crippen MR) is 81.3 cm³/mol. The minimum Gasteiger partial charge on any atom is -0.490 e. The fourth-order valence-corrected chi connectivity index (χ4v) is 1.96. The molecule has 0 aliphatic rings. The number of hydrogen-bond acceptors (Lipinski definition) is 6. The Morgan fingerprint density at radius 2 is 1.90 bits per heavy atom. The summed E-state index contributed by atoms with van der Waals surface area (Å²) < 4.78 is 5.39. The van der Waals surface area contributed by atoms with E-state index in [1.165, 1.54) is 6.33 Å². The summed E-state index contributed by atoms with van der Waals surface area (Å²) in [5.41, 5.74) is 0.0804. The van der Waals surface area contributed by atoms with Crippen LogP contribution >= 0.6 is 0 Å². The normalized spacial score (nSPS) is 11.2. The van der Waals surface area contributed by atoms with Crippen LogP contribution in [-0.2, 0) is 0 Å². The third-order valence-corrected chi connectivity index (χ3v) is 3.10. The summed E-state index contributed by atoms with van der Waals surface area (Å²) in [5, 5.41) is 15.4. The number of aromatic nitrogens is 2. The molecular weight excluding hydrogens is 256 g/mol. The van der Waals surface area contributed by atoms with E-state index in [9.17, 15) is 0 Å². The molecule has 1 rings (SSSR count). The Hall–Kier alpha value is -1.56. The van der Waals surface area contributed by atoms with Gasteiger partial charge in [0.05, 0.1) is 7.11 Å². The molecule has 1 aromatic rings. The summed E-state index contributed by atoms with van der Waals surface area (Å²) in [6, 6.07) is 0. The van der Waals surface area contributed by atoms with E-state index < -0.39 is 0 Å². The molecule has 0 spiro atoms. The van der Waals surface area contributed by atoms with E-state index in [0.717, 1.165) is 25.9 Å². The SMILES string of the molecule is CCNc1ncnc(NCC(C)(C)CCCO)c1OC. The van der Waals surface area contributed by atoms with Gasteiger partial charge in [0.25, 0.3) is 0 Å². The van der Waals surface area contributed by atoms with Crippen molar-refractivity contribution in [3.63, 3.8) is 0 Å². The van der Waals surface area contributed by atoms with Gasteiger partial charge in [-0.15, -0.1) is 0 Å². The Balaban J connectivity index is 2.74. The van der Waals surface area contributed by atoms with Crippen LogP contribution in [0.3, 0.4) is 0 Å². The highest BCUT2D eigenvalue weighted by Crippen LogP contribution is 2.30. The molecule has 0 amide bonds. The molecule has 0 saturated carbocycles. The summed E-state index contributed by atoms with van der Waals surface area (Å²) in [6.07, 6.45) is 3.27.